The first-order valence-electron chi connectivity index (χ1n) is 10.3. The van der Waals surface area contributed by atoms with Gasteiger partial charge in [-0.1, -0.05) is 55.8 Å². The van der Waals surface area contributed by atoms with Gasteiger partial charge in [-0.25, -0.2) is 0 Å². The Bertz CT molecular complexity index is 788. The Labute approximate surface area is 173 Å². The highest BCUT2D eigenvalue weighted by atomic mass is 31.0. The maximum Gasteiger partial charge on any atom is 0.330 e. The number of allylic oxidation sites excluding steroid dienone is 12. The maximum atomic E-state index is 9.87. The Morgan fingerprint density at radius 1 is 1.07 bits per heavy atom. The summed E-state index contributed by atoms with van der Waals surface area (Å²) in [7, 11) is 4.81. The standard InChI is InChI=1S/C24H33BO2P/c1-23(2,24(3,4)28)27-25-21-12-6-10-19(15-21)17-8-5-9-18(14-17)20-11-7-13-22(26)16-20/h7,9,11-15,20,26H,5-6,8,10,16,28H2,1-4H3. The Morgan fingerprint density at radius 3 is 2.43 bits per heavy atom. The van der Waals surface area contributed by atoms with E-state index in [4.69, 9.17) is 4.65 Å². The summed E-state index contributed by atoms with van der Waals surface area (Å²) >= 11 is 0. The molecular weight excluding hydrogens is 362 g/mol. The minimum Gasteiger partial charge on any atom is -0.512 e. The first-order chi connectivity index (χ1) is 13.2. The van der Waals surface area contributed by atoms with E-state index in [-0.39, 0.29) is 10.8 Å². The van der Waals surface area contributed by atoms with Crippen molar-refractivity contribution >= 4 is 16.7 Å². The summed E-state index contributed by atoms with van der Waals surface area (Å²) in [5.74, 6) is 0.766. The molecule has 2 nitrogen and oxygen atoms in total. The van der Waals surface area contributed by atoms with Crippen LogP contribution in [0.2, 0.25) is 0 Å². The lowest BCUT2D eigenvalue weighted by atomic mass is 9.76. The fourth-order valence-electron chi connectivity index (χ4n) is 3.56. The predicted octanol–water partition coefficient (Wildman–Crippen LogP) is 6.32. The number of aliphatic hydroxyl groups excluding tert-OH is 1. The van der Waals surface area contributed by atoms with Crippen molar-refractivity contribution in [2.24, 2.45) is 5.92 Å². The molecule has 2 unspecified atom stereocenters. The second kappa shape index (κ2) is 8.60. The molecule has 4 heteroatoms. The molecular formula is C24H33BO2P. The minimum atomic E-state index is -0.257. The van der Waals surface area contributed by atoms with Crippen molar-refractivity contribution in [2.75, 3.05) is 0 Å². The van der Waals surface area contributed by atoms with Crippen molar-refractivity contribution in [3.8, 4) is 0 Å². The normalized spacial score (nSPS) is 23.3. The van der Waals surface area contributed by atoms with Gasteiger partial charge in [-0.3, -0.25) is 0 Å². The van der Waals surface area contributed by atoms with E-state index in [0.29, 0.717) is 18.1 Å². The largest absolute Gasteiger partial charge is 0.512 e. The van der Waals surface area contributed by atoms with Gasteiger partial charge in [0.2, 0.25) is 0 Å². The van der Waals surface area contributed by atoms with Crippen LogP contribution < -0.4 is 0 Å². The zero-order valence-electron chi connectivity index (χ0n) is 17.7. The lowest BCUT2D eigenvalue weighted by Crippen LogP contribution is -2.43. The first-order valence-corrected chi connectivity index (χ1v) is 10.9. The summed E-state index contributed by atoms with van der Waals surface area (Å²) in [6.07, 6.45) is 20.2. The molecule has 28 heavy (non-hydrogen) atoms. The molecule has 1 radical (unpaired) electrons. The average Bonchev–Trinajstić information content (AvgIpc) is 2.66. The molecule has 0 aliphatic heterocycles. The van der Waals surface area contributed by atoms with Gasteiger partial charge in [0.15, 0.2) is 0 Å². The van der Waals surface area contributed by atoms with Crippen LogP contribution in [0.4, 0.5) is 0 Å². The van der Waals surface area contributed by atoms with Crippen LogP contribution in [0.25, 0.3) is 0 Å². The van der Waals surface area contributed by atoms with E-state index in [1.165, 1.54) is 22.2 Å². The van der Waals surface area contributed by atoms with Crippen molar-refractivity contribution in [1.82, 2.24) is 0 Å². The minimum absolute atomic E-state index is 0.00954. The van der Waals surface area contributed by atoms with Gasteiger partial charge < -0.3 is 9.76 Å². The van der Waals surface area contributed by atoms with Gasteiger partial charge in [0.05, 0.1) is 11.4 Å². The second-order valence-electron chi connectivity index (χ2n) is 9.15. The summed E-state index contributed by atoms with van der Waals surface area (Å²) in [5, 5.41) is 9.86. The molecule has 3 rings (SSSR count). The molecule has 3 aliphatic rings. The van der Waals surface area contributed by atoms with Crippen LogP contribution in [-0.4, -0.2) is 23.3 Å². The van der Waals surface area contributed by atoms with Gasteiger partial charge in [-0.05, 0) is 62.3 Å². The molecule has 0 saturated carbocycles. The van der Waals surface area contributed by atoms with E-state index in [0.717, 1.165) is 25.7 Å². The Balaban J connectivity index is 1.69. The molecule has 0 amide bonds. The molecule has 0 bridgehead atoms. The molecule has 0 fully saturated rings. The third kappa shape index (κ3) is 5.19. The van der Waals surface area contributed by atoms with Gasteiger partial charge in [0, 0.05) is 17.5 Å². The lowest BCUT2D eigenvalue weighted by Gasteiger charge is -2.39. The molecule has 0 aromatic heterocycles. The third-order valence-corrected chi connectivity index (χ3v) is 6.91. The zero-order chi connectivity index (χ0) is 20.4. The highest BCUT2D eigenvalue weighted by Crippen LogP contribution is 2.36. The first kappa shape index (κ1) is 21.4. The topological polar surface area (TPSA) is 29.5 Å². The zero-order valence-corrected chi connectivity index (χ0v) is 18.8. The Hall–Kier alpha value is -1.31. The van der Waals surface area contributed by atoms with Gasteiger partial charge in [0.1, 0.15) is 0 Å². The van der Waals surface area contributed by atoms with E-state index >= 15 is 0 Å². The van der Waals surface area contributed by atoms with Gasteiger partial charge >= 0.3 is 7.48 Å². The fraction of sp³-hybridized carbons (Fsp3) is 0.500. The monoisotopic (exact) mass is 395 g/mol. The van der Waals surface area contributed by atoms with Gasteiger partial charge in [0.25, 0.3) is 0 Å². The number of aliphatic hydroxyl groups is 1. The smallest absolute Gasteiger partial charge is 0.330 e. The Morgan fingerprint density at radius 2 is 1.75 bits per heavy atom. The van der Waals surface area contributed by atoms with E-state index in [2.05, 4.69) is 67.3 Å². The highest BCUT2D eigenvalue weighted by Gasteiger charge is 2.34. The molecule has 3 aliphatic carbocycles. The molecule has 0 aromatic carbocycles. The second-order valence-corrected chi connectivity index (χ2v) is 10.6. The molecule has 0 heterocycles. The van der Waals surface area contributed by atoms with E-state index < -0.39 is 0 Å². The fourth-order valence-corrected chi connectivity index (χ4v) is 3.63. The summed E-state index contributed by atoms with van der Waals surface area (Å²) in [5.41, 5.74) is 5.10. The van der Waals surface area contributed by atoms with E-state index in [9.17, 15) is 5.11 Å². The number of hydrogen-bond donors (Lipinski definition) is 1. The van der Waals surface area contributed by atoms with Crippen LogP contribution in [0.3, 0.4) is 0 Å². The van der Waals surface area contributed by atoms with Crippen molar-refractivity contribution in [2.45, 2.75) is 70.6 Å². The van der Waals surface area contributed by atoms with E-state index in [1.807, 2.05) is 13.6 Å². The third-order valence-electron chi connectivity index (χ3n) is 6.21. The summed E-state index contributed by atoms with van der Waals surface area (Å²) in [6.45, 7) is 8.62. The van der Waals surface area contributed by atoms with Crippen LogP contribution in [0, 0.1) is 5.92 Å². The van der Waals surface area contributed by atoms with Gasteiger partial charge in [-0.2, -0.15) is 0 Å². The Kier molecular flexibility index (Phi) is 6.57. The highest BCUT2D eigenvalue weighted by molar-refractivity contribution is 7.19. The van der Waals surface area contributed by atoms with Crippen LogP contribution in [-0.2, 0) is 4.65 Å². The molecule has 1 N–H and O–H groups in total. The molecule has 2 atom stereocenters. The van der Waals surface area contributed by atoms with Crippen LogP contribution in [0.15, 0.2) is 70.5 Å². The van der Waals surface area contributed by atoms with Gasteiger partial charge in [-0.15, -0.1) is 9.24 Å². The average molecular weight is 395 g/mol. The van der Waals surface area contributed by atoms with Crippen LogP contribution in [0.5, 0.6) is 0 Å². The van der Waals surface area contributed by atoms with Crippen molar-refractivity contribution in [3.05, 3.63) is 70.5 Å². The molecule has 0 saturated heterocycles. The molecule has 0 spiro atoms. The summed E-state index contributed by atoms with van der Waals surface area (Å²) in [6, 6.07) is 0. The summed E-state index contributed by atoms with van der Waals surface area (Å²) in [4.78, 5) is 0. The van der Waals surface area contributed by atoms with Crippen LogP contribution in [0.1, 0.15) is 59.8 Å². The molecule has 149 valence electrons. The SMILES string of the molecule is CC(C)(P)C(C)(C)O[B]C1=CCCC(C2=CC(C3C=CC=C(O)C3)=CCC2)=C1. The maximum absolute atomic E-state index is 9.87. The van der Waals surface area contributed by atoms with Crippen molar-refractivity contribution in [1.29, 1.82) is 0 Å². The van der Waals surface area contributed by atoms with E-state index in [1.54, 1.807) is 6.08 Å². The van der Waals surface area contributed by atoms with Crippen molar-refractivity contribution in [3.63, 3.8) is 0 Å². The number of hydrogen-bond acceptors (Lipinski definition) is 2. The lowest BCUT2D eigenvalue weighted by molar-refractivity contribution is 0.0832. The van der Waals surface area contributed by atoms with Crippen LogP contribution >= 0.6 is 9.24 Å². The predicted molar refractivity (Wildman–Crippen MR) is 123 cm³/mol. The number of rotatable bonds is 6. The summed E-state index contributed by atoms with van der Waals surface area (Å²) < 4.78 is 6.16. The quantitative estimate of drug-likeness (QED) is 0.421. The molecule has 0 aromatic rings. The van der Waals surface area contributed by atoms with Crippen molar-refractivity contribution < 1.29 is 9.76 Å².